The molecule has 0 bridgehead atoms. The van der Waals surface area contributed by atoms with Crippen LogP contribution in [0, 0.1) is 12.3 Å². The molecule has 2 saturated heterocycles. The van der Waals surface area contributed by atoms with Gasteiger partial charge in [0.2, 0.25) is 11.8 Å². The predicted molar refractivity (Wildman–Crippen MR) is 59.4 cm³/mol. The molecule has 2 aliphatic rings. The summed E-state index contributed by atoms with van der Waals surface area (Å²) in [5.41, 5.74) is 0. The van der Waals surface area contributed by atoms with Crippen molar-refractivity contribution in [1.29, 1.82) is 0 Å². The molecule has 2 fully saturated rings. The van der Waals surface area contributed by atoms with E-state index in [0.29, 0.717) is 6.42 Å². The highest BCUT2D eigenvalue weighted by Crippen LogP contribution is 2.27. The lowest BCUT2D eigenvalue weighted by atomic mass is 10.0. The molecule has 4 nitrogen and oxygen atoms in total. The van der Waals surface area contributed by atoms with Gasteiger partial charge < -0.3 is 9.80 Å². The molecule has 0 saturated carbocycles. The molecule has 2 amide bonds. The Morgan fingerprint density at radius 2 is 2.19 bits per heavy atom. The minimum atomic E-state index is -0.349. The number of piperazine rings is 1. The number of hydrogen-bond acceptors (Lipinski definition) is 2. The van der Waals surface area contributed by atoms with Gasteiger partial charge in [-0.3, -0.25) is 9.59 Å². The minimum Gasteiger partial charge on any atom is -0.329 e. The van der Waals surface area contributed by atoms with E-state index in [1.807, 2.05) is 6.92 Å². The zero-order valence-electron chi connectivity index (χ0n) is 9.48. The van der Waals surface area contributed by atoms with Crippen molar-refractivity contribution in [3.05, 3.63) is 0 Å². The van der Waals surface area contributed by atoms with Gasteiger partial charge in [0.25, 0.3) is 0 Å². The number of amides is 2. The molecule has 0 aromatic rings. The highest BCUT2D eigenvalue weighted by atomic mass is 16.2. The van der Waals surface area contributed by atoms with E-state index in [2.05, 4.69) is 5.92 Å². The Morgan fingerprint density at radius 1 is 1.44 bits per heavy atom. The molecule has 0 aromatic carbocycles. The standard InChI is InChI=1S/C12H16N2O2/c1-3-7-13-9(4-2)11(15)14-8-5-6-10(14)12(13)16/h1,9-10H,4-8H2,2H3. The van der Waals surface area contributed by atoms with Crippen LogP contribution in [-0.2, 0) is 9.59 Å². The molecular formula is C12H16N2O2. The number of carbonyl (C=O) groups excluding carboxylic acids is 2. The lowest BCUT2D eigenvalue weighted by Gasteiger charge is -2.41. The first-order chi connectivity index (χ1) is 7.70. The number of fused-ring (bicyclic) bond motifs is 1. The van der Waals surface area contributed by atoms with Gasteiger partial charge in [-0.25, -0.2) is 0 Å². The van der Waals surface area contributed by atoms with Crippen LogP contribution < -0.4 is 0 Å². The molecule has 0 N–H and O–H groups in total. The van der Waals surface area contributed by atoms with Crippen LogP contribution in [0.25, 0.3) is 0 Å². The fraction of sp³-hybridized carbons (Fsp3) is 0.667. The van der Waals surface area contributed by atoms with Crippen molar-refractivity contribution in [1.82, 2.24) is 9.80 Å². The SMILES string of the molecule is C#CCN1C(=O)C2CCCN2C(=O)C1CC. The van der Waals surface area contributed by atoms with E-state index in [1.54, 1.807) is 9.80 Å². The predicted octanol–water partition coefficient (Wildman–Crippen LogP) is 0.231. The third kappa shape index (κ3) is 1.47. The third-order valence-corrected chi connectivity index (χ3v) is 3.41. The Morgan fingerprint density at radius 3 is 2.81 bits per heavy atom. The van der Waals surface area contributed by atoms with Crippen LogP contribution in [0.5, 0.6) is 0 Å². The summed E-state index contributed by atoms with van der Waals surface area (Å²) in [5, 5.41) is 0. The topological polar surface area (TPSA) is 40.6 Å². The quantitative estimate of drug-likeness (QED) is 0.625. The van der Waals surface area contributed by atoms with Gasteiger partial charge in [0, 0.05) is 6.54 Å². The Balaban J connectivity index is 2.28. The highest BCUT2D eigenvalue weighted by molar-refractivity contribution is 5.97. The molecule has 16 heavy (non-hydrogen) atoms. The molecule has 0 radical (unpaired) electrons. The molecule has 4 heteroatoms. The first-order valence-corrected chi connectivity index (χ1v) is 5.75. The van der Waals surface area contributed by atoms with Crippen molar-refractivity contribution in [3.63, 3.8) is 0 Å². The van der Waals surface area contributed by atoms with Crippen LogP contribution in [0.3, 0.4) is 0 Å². The van der Waals surface area contributed by atoms with E-state index < -0.39 is 0 Å². The number of hydrogen-bond donors (Lipinski definition) is 0. The van der Waals surface area contributed by atoms with Gasteiger partial charge in [0.1, 0.15) is 12.1 Å². The molecule has 0 aliphatic carbocycles. The summed E-state index contributed by atoms with van der Waals surface area (Å²) in [4.78, 5) is 27.6. The summed E-state index contributed by atoms with van der Waals surface area (Å²) in [6.07, 6.45) is 7.59. The van der Waals surface area contributed by atoms with E-state index >= 15 is 0 Å². The Hall–Kier alpha value is -1.50. The molecular weight excluding hydrogens is 204 g/mol. The van der Waals surface area contributed by atoms with Crippen molar-refractivity contribution in [2.75, 3.05) is 13.1 Å². The maximum Gasteiger partial charge on any atom is 0.246 e. The Labute approximate surface area is 95.6 Å². The summed E-state index contributed by atoms with van der Waals surface area (Å²) in [6, 6.07) is -0.596. The van der Waals surface area contributed by atoms with Crippen LogP contribution in [0.4, 0.5) is 0 Å². The number of nitrogens with zero attached hydrogens (tertiary/aromatic N) is 2. The fourth-order valence-corrected chi connectivity index (χ4v) is 2.64. The largest absolute Gasteiger partial charge is 0.329 e. The average Bonchev–Trinajstić information content (AvgIpc) is 2.75. The number of carbonyl (C=O) groups is 2. The smallest absolute Gasteiger partial charge is 0.246 e. The van der Waals surface area contributed by atoms with E-state index in [0.717, 1.165) is 19.4 Å². The van der Waals surface area contributed by atoms with Crippen LogP contribution in [0.15, 0.2) is 0 Å². The van der Waals surface area contributed by atoms with Gasteiger partial charge in [-0.15, -0.1) is 6.42 Å². The second-order valence-electron chi connectivity index (χ2n) is 4.28. The molecule has 2 unspecified atom stereocenters. The second-order valence-corrected chi connectivity index (χ2v) is 4.28. The summed E-state index contributed by atoms with van der Waals surface area (Å²) < 4.78 is 0. The zero-order chi connectivity index (χ0) is 11.7. The Bertz CT molecular complexity index is 359. The van der Waals surface area contributed by atoms with Crippen LogP contribution in [0.1, 0.15) is 26.2 Å². The average molecular weight is 220 g/mol. The van der Waals surface area contributed by atoms with Gasteiger partial charge in [-0.1, -0.05) is 12.8 Å². The first kappa shape index (κ1) is 11.0. The molecule has 86 valence electrons. The molecule has 2 aliphatic heterocycles. The monoisotopic (exact) mass is 220 g/mol. The summed E-state index contributed by atoms with van der Waals surface area (Å²) >= 11 is 0. The van der Waals surface area contributed by atoms with Gasteiger partial charge in [-0.05, 0) is 19.3 Å². The van der Waals surface area contributed by atoms with Gasteiger partial charge in [0.15, 0.2) is 0 Å². The summed E-state index contributed by atoms with van der Waals surface area (Å²) in [7, 11) is 0. The third-order valence-electron chi connectivity index (χ3n) is 3.41. The van der Waals surface area contributed by atoms with Crippen LogP contribution >= 0.6 is 0 Å². The fourth-order valence-electron chi connectivity index (χ4n) is 2.64. The van der Waals surface area contributed by atoms with Crippen molar-refractivity contribution in [2.24, 2.45) is 0 Å². The minimum absolute atomic E-state index is 0.0295. The van der Waals surface area contributed by atoms with E-state index in [9.17, 15) is 9.59 Å². The van der Waals surface area contributed by atoms with Crippen molar-refractivity contribution in [2.45, 2.75) is 38.3 Å². The van der Waals surface area contributed by atoms with E-state index in [-0.39, 0.29) is 30.4 Å². The lowest BCUT2D eigenvalue weighted by molar-refractivity contribution is -0.158. The van der Waals surface area contributed by atoms with Gasteiger partial charge in [0.05, 0.1) is 6.54 Å². The van der Waals surface area contributed by atoms with E-state index in [4.69, 9.17) is 6.42 Å². The maximum atomic E-state index is 12.1. The van der Waals surface area contributed by atoms with E-state index in [1.165, 1.54) is 0 Å². The molecule has 0 aromatic heterocycles. The lowest BCUT2D eigenvalue weighted by Crippen LogP contribution is -2.62. The maximum absolute atomic E-state index is 12.1. The van der Waals surface area contributed by atoms with Crippen molar-refractivity contribution in [3.8, 4) is 12.3 Å². The highest BCUT2D eigenvalue weighted by Gasteiger charge is 2.46. The molecule has 0 spiro atoms. The molecule has 2 heterocycles. The van der Waals surface area contributed by atoms with Gasteiger partial charge >= 0.3 is 0 Å². The summed E-state index contributed by atoms with van der Waals surface area (Å²) in [6.45, 7) is 2.87. The molecule has 2 atom stereocenters. The molecule has 2 rings (SSSR count). The first-order valence-electron chi connectivity index (χ1n) is 5.75. The number of terminal acetylenes is 1. The van der Waals surface area contributed by atoms with Crippen molar-refractivity contribution < 1.29 is 9.59 Å². The zero-order valence-corrected chi connectivity index (χ0v) is 9.48. The van der Waals surface area contributed by atoms with Crippen LogP contribution in [-0.4, -0.2) is 46.8 Å². The summed E-state index contributed by atoms with van der Waals surface area (Å²) in [5.74, 6) is 2.57. The Kier molecular flexibility index (Phi) is 2.86. The van der Waals surface area contributed by atoms with Crippen molar-refractivity contribution >= 4 is 11.8 Å². The normalized spacial score (nSPS) is 29.2. The van der Waals surface area contributed by atoms with Crippen LogP contribution in [0.2, 0.25) is 0 Å². The number of rotatable bonds is 2. The van der Waals surface area contributed by atoms with Gasteiger partial charge in [-0.2, -0.15) is 0 Å². The second kappa shape index (κ2) is 4.17.